The largest absolute Gasteiger partial charge is 0.469 e. The van der Waals surface area contributed by atoms with Crippen molar-refractivity contribution in [1.82, 2.24) is 10.2 Å². The van der Waals surface area contributed by atoms with Crippen LogP contribution in [0.25, 0.3) is 0 Å². The lowest BCUT2D eigenvalue weighted by molar-refractivity contribution is 0.0609. The van der Waals surface area contributed by atoms with E-state index in [4.69, 9.17) is 18.9 Å². The van der Waals surface area contributed by atoms with Gasteiger partial charge in [-0.05, 0) is 43.7 Å². The molecule has 2 aliphatic heterocycles. The molecule has 2 aliphatic rings. The molecule has 148 valence electrons. The lowest BCUT2D eigenvalue weighted by atomic mass is 10.00. The van der Waals surface area contributed by atoms with E-state index in [1.54, 1.807) is 6.26 Å². The summed E-state index contributed by atoms with van der Waals surface area (Å²) in [5.74, 6) is 2.64. The topological polar surface area (TPSA) is 59.2 Å². The first-order valence-corrected chi connectivity index (χ1v) is 9.52. The number of nitrogens with zero attached hydrogens (tertiary/aromatic N) is 2. The number of nitrogens with one attached hydrogen (secondary N) is 1. The number of hydrogen-bond donors (Lipinski definition) is 1. The Hall–Kier alpha value is -0.800. The molecule has 0 amide bonds. The number of aliphatic imine (C=N–C) groups is 1. The maximum Gasteiger partial charge on any atom is 0.193 e. The third-order valence-corrected chi connectivity index (χ3v) is 4.94. The van der Waals surface area contributed by atoms with Crippen LogP contribution in [0.4, 0.5) is 0 Å². The first kappa shape index (κ1) is 21.5. The van der Waals surface area contributed by atoms with E-state index in [1.165, 1.54) is 0 Å². The summed E-state index contributed by atoms with van der Waals surface area (Å²) in [6.45, 7) is 5.21. The van der Waals surface area contributed by atoms with Crippen molar-refractivity contribution in [1.29, 1.82) is 0 Å². The second-order valence-corrected chi connectivity index (χ2v) is 6.99. The van der Waals surface area contributed by atoms with E-state index >= 15 is 0 Å². The smallest absolute Gasteiger partial charge is 0.193 e. The Bertz CT molecular complexity index is 512. The molecule has 6 nitrogen and oxygen atoms in total. The van der Waals surface area contributed by atoms with Gasteiger partial charge >= 0.3 is 0 Å². The minimum absolute atomic E-state index is 0. The van der Waals surface area contributed by atoms with E-state index in [0.29, 0.717) is 5.92 Å². The molecule has 1 aromatic heterocycles. The summed E-state index contributed by atoms with van der Waals surface area (Å²) in [6.07, 6.45) is 7.40. The number of ether oxygens (including phenoxy) is 2. The Kier molecular flexibility index (Phi) is 9.77. The van der Waals surface area contributed by atoms with Crippen LogP contribution in [0.3, 0.4) is 0 Å². The molecule has 2 fully saturated rings. The molecule has 0 bridgehead atoms. The highest BCUT2D eigenvalue weighted by Gasteiger charge is 2.19. The fraction of sp³-hybridized carbons (Fsp3) is 0.737. The quantitative estimate of drug-likeness (QED) is 0.372. The van der Waals surface area contributed by atoms with Gasteiger partial charge in [0.25, 0.3) is 0 Å². The van der Waals surface area contributed by atoms with Crippen molar-refractivity contribution in [2.75, 3.05) is 46.5 Å². The van der Waals surface area contributed by atoms with Crippen LogP contribution in [0.5, 0.6) is 0 Å². The summed E-state index contributed by atoms with van der Waals surface area (Å²) in [7, 11) is 2.13. The van der Waals surface area contributed by atoms with Crippen LogP contribution < -0.4 is 5.32 Å². The summed E-state index contributed by atoms with van der Waals surface area (Å²) in [5, 5.41) is 3.50. The van der Waals surface area contributed by atoms with E-state index in [2.05, 4.69) is 17.3 Å². The van der Waals surface area contributed by atoms with E-state index in [9.17, 15) is 0 Å². The number of guanidine groups is 1. The molecular weight excluding hydrogens is 445 g/mol. The Labute approximate surface area is 173 Å². The maximum absolute atomic E-state index is 5.71. The number of halogens is 1. The maximum atomic E-state index is 5.71. The van der Waals surface area contributed by atoms with Crippen LogP contribution in [-0.4, -0.2) is 63.5 Å². The van der Waals surface area contributed by atoms with Crippen molar-refractivity contribution in [3.05, 3.63) is 24.2 Å². The first-order valence-electron chi connectivity index (χ1n) is 9.52. The van der Waals surface area contributed by atoms with Crippen LogP contribution >= 0.6 is 24.0 Å². The fourth-order valence-electron chi connectivity index (χ4n) is 3.44. The second-order valence-electron chi connectivity index (χ2n) is 6.99. The van der Waals surface area contributed by atoms with Gasteiger partial charge < -0.3 is 24.1 Å². The zero-order chi connectivity index (χ0) is 17.3. The van der Waals surface area contributed by atoms with Crippen molar-refractivity contribution in [2.24, 2.45) is 10.9 Å². The van der Waals surface area contributed by atoms with Gasteiger partial charge in [-0.3, -0.25) is 4.99 Å². The highest BCUT2D eigenvalue weighted by Crippen LogP contribution is 2.16. The van der Waals surface area contributed by atoms with Crippen molar-refractivity contribution >= 4 is 29.9 Å². The third kappa shape index (κ3) is 7.08. The van der Waals surface area contributed by atoms with E-state index in [-0.39, 0.29) is 30.1 Å². The Morgan fingerprint density at radius 3 is 2.81 bits per heavy atom. The van der Waals surface area contributed by atoms with Crippen LogP contribution in [0.15, 0.2) is 27.8 Å². The minimum atomic E-state index is 0. The Morgan fingerprint density at radius 1 is 1.27 bits per heavy atom. The molecule has 0 radical (unpaired) electrons. The zero-order valence-electron chi connectivity index (χ0n) is 15.7. The van der Waals surface area contributed by atoms with Crippen LogP contribution in [0, 0.1) is 5.92 Å². The summed E-state index contributed by atoms with van der Waals surface area (Å²) in [6, 6.07) is 3.94. The molecule has 7 heteroatoms. The Balaban J connectivity index is 0.00000243. The third-order valence-electron chi connectivity index (χ3n) is 4.94. The highest BCUT2D eigenvalue weighted by molar-refractivity contribution is 14.0. The van der Waals surface area contributed by atoms with Gasteiger partial charge in [0.05, 0.1) is 18.9 Å². The summed E-state index contributed by atoms with van der Waals surface area (Å²) < 4.78 is 16.6. The molecule has 0 aromatic carbocycles. The second kappa shape index (κ2) is 11.8. The lowest BCUT2D eigenvalue weighted by Gasteiger charge is -2.29. The van der Waals surface area contributed by atoms with Gasteiger partial charge in [0.1, 0.15) is 5.76 Å². The van der Waals surface area contributed by atoms with Crippen molar-refractivity contribution < 1.29 is 13.9 Å². The predicted molar refractivity (Wildman–Crippen MR) is 113 cm³/mol. The standard InChI is InChI=1S/C19H31N3O3.HI/c1-22(15-16-7-12-23-13-8-16)19(21-14-18-5-3-11-25-18)20-9-6-17-4-2-10-24-17;/h2,4,10,16,18H,3,5-9,11-15H2,1H3,(H,20,21);1H. The average Bonchev–Trinajstić information content (AvgIpc) is 3.32. The molecule has 0 saturated carbocycles. The number of hydrogen-bond acceptors (Lipinski definition) is 4. The molecule has 26 heavy (non-hydrogen) atoms. The van der Waals surface area contributed by atoms with Crippen LogP contribution in [-0.2, 0) is 15.9 Å². The van der Waals surface area contributed by atoms with Crippen LogP contribution in [0.1, 0.15) is 31.4 Å². The van der Waals surface area contributed by atoms with Crippen molar-refractivity contribution in [3.63, 3.8) is 0 Å². The summed E-state index contributed by atoms with van der Waals surface area (Å²) in [4.78, 5) is 7.09. The van der Waals surface area contributed by atoms with Crippen molar-refractivity contribution in [2.45, 2.75) is 38.2 Å². The normalized spacial score (nSPS) is 21.4. The molecule has 3 heterocycles. The van der Waals surface area contributed by atoms with E-state index in [0.717, 1.165) is 83.3 Å². The number of rotatable bonds is 7. The molecule has 3 rings (SSSR count). The van der Waals surface area contributed by atoms with Crippen molar-refractivity contribution in [3.8, 4) is 0 Å². The first-order chi connectivity index (χ1) is 12.3. The average molecular weight is 477 g/mol. The zero-order valence-corrected chi connectivity index (χ0v) is 18.0. The molecule has 0 aliphatic carbocycles. The molecule has 1 aromatic rings. The monoisotopic (exact) mass is 477 g/mol. The predicted octanol–water partition coefficient (Wildman–Crippen LogP) is 2.92. The Morgan fingerprint density at radius 2 is 2.12 bits per heavy atom. The van der Waals surface area contributed by atoms with E-state index < -0.39 is 0 Å². The molecule has 0 spiro atoms. The fourth-order valence-corrected chi connectivity index (χ4v) is 3.44. The van der Waals surface area contributed by atoms with Crippen LogP contribution in [0.2, 0.25) is 0 Å². The minimum Gasteiger partial charge on any atom is -0.469 e. The van der Waals surface area contributed by atoms with Gasteiger partial charge in [-0.2, -0.15) is 0 Å². The summed E-state index contributed by atoms with van der Waals surface area (Å²) >= 11 is 0. The molecule has 1 N–H and O–H groups in total. The highest BCUT2D eigenvalue weighted by atomic mass is 127. The van der Waals surface area contributed by atoms with Gasteiger partial charge in [0.2, 0.25) is 0 Å². The van der Waals surface area contributed by atoms with Gasteiger partial charge in [0.15, 0.2) is 5.96 Å². The van der Waals surface area contributed by atoms with Gasteiger partial charge in [-0.15, -0.1) is 24.0 Å². The molecule has 1 atom stereocenters. The number of furan rings is 1. The molecule has 2 saturated heterocycles. The van der Waals surface area contributed by atoms with Gasteiger partial charge in [0, 0.05) is 46.4 Å². The van der Waals surface area contributed by atoms with E-state index in [1.807, 2.05) is 12.1 Å². The van der Waals surface area contributed by atoms with Gasteiger partial charge in [-0.1, -0.05) is 0 Å². The molecular formula is C19H32IN3O3. The SMILES string of the molecule is CN(CC1CCOCC1)C(=NCC1CCCO1)NCCc1ccco1.I. The van der Waals surface area contributed by atoms with Gasteiger partial charge in [-0.25, -0.2) is 0 Å². The summed E-state index contributed by atoms with van der Waals surface area (Å²) in [5.41, 5.74) is 0. The molecule has 1 unspecified atom stereocenters. The lowest BCUT2D eigenvalue weighted by Crippen LogP contribution is -2.43.